The molecule has 2 atom stereocenters. The largest absolute Gasteiger partial charge is 0.344 e. The molecule has 0 spiro atoms. The van der Waals surface area contributed by atoms with E-state index >= 15 is 0 Å². The van der Waals surface area contributed by atoms with E-state index in [4.69, 9.17) is 0 Å². The van der Waals surface area contributed by atoms with Crippen LogP contribution in [0.5, 0.6) is 0 Å². The van der Waals surface area contributed by atoms with E-state index in [2.05, 4.69) is 22.5 Å². The number of amides is 2. The lowest BCUT2D eigenvalue weighted by atomic mass is 9.89. The zero-order valence-corrected chi connectivity index (χ0v) is 14.5. The Kier molecular flexibility index (Phi) is 5.56. The highest BCUT2D eigenvalue weighted by Gasteiger charge is 2.26. The highest BCUT2D eigenvalue weighted by molar-refractivity contribution is 7.15. The van der Waals surface area contributed by atoms with Gasteiger partial charge in [-0.1, -0.05) is 27.2 Å². The SMILES string of the molecule is CC[C@@H]1CCc2nc(NC(=O)[C@H](NC(C)=O)C(C)C)sc2C1. The molecule has 22 heavy (non-hydrogen) atoms. The van der Waals surface area contributed by atoms with Crippen LogP contribution in [0.25, 0.3) is 0 Å². The van der Waals surface area contributed by atoms with E-state index in [9.17, 15) is 9.59 Å². The molecule has 0 saturated carbocycles. The number of nitrogens with zero attached hydrogens (tertiary/aromatic N) is 1. The lowest BCUT2D eigenvalue weighted by Crippen LogP contribution is -2.46. The van der Waals surface area contributed by atoms with Crippen molar-refractivity contribution in [3.05, 3.63) is 10.6 Å². The van der Waals surface area contributed by atoms with E-state index in [0.717, 1.165) is 24.5 Å². The summed E-state index contributed by atoms with van der Waals surface area (Å²) in [4.78, 5) is 29.5. The van der Waals surface area contributed by atoms with Crippen LogP contribution in [0.15, 0.2) is 0 Å². The van der Waals surface area contributed by atoms with E-state index in [1.165, 1.54) is 24.6 Å². The quantitative estimate of drug-likeness (QED) is 0.875. The van der Waals surface area contributed by atoms with Gasteiger partial charge in [0.1, 0.15) is 6.04 Å². The van der Waals surface area contributed by atoms with Crippen LogP contribution in [0.3, 0.4) is 0 Å². The van der Waals surface area contributed by atoms with Gasteiger partial charge in [0.15, 0.2) is 5.13 Å². The fourth-order valence-electron chi connectivity index (χ4n) is 2.78. The van der Waals surface area contributed by atoms with Gasteiger partial charge >= 0.3 is 0 Å². The minimum Gasteiger partial charge on any atom is -0.344 e. The number of thiazole rings is 1. The number of aromatic nitrogens is 1. The molecule has 2 N–H and O–H groups in total. The standard InChI is InChI=1S/C16H25N3O2S/c1-5-11-6-7-12-13(8-11)22-16(18-12)19-15(21)14(9(2)3)17-10(4)20/h9,11,14H,5-8H2,1-4H3,(H,17,20)(H,18,19,21)/t11-,14-/m1/s1. The zero-order valence-electron chi connectivity index (χ0n) is 13.7. The average molecular weight is 323 g/mol. The molecule has 0 aliphatic heterocycles. The molecule has 1 aliphatic rings. The second-order valence-corrected chi connectivity index (χ2v) is 7.40. The minimum absolute atomic E-state index is 0.0305. The number of anilines is 1. The van der Waals surface area contributed by atoms with Gasteiger partial charge in [-0.05, 0) is 31.1 Å². The maximum absolute atomic E-state index is 12.4. The number of rotatable bonds is 5. The Labute approximate surface area is 135 Å². The van der Waals surface area contributed by atoms with Crippen molar-refractivity contribution in [1.82, 2.24) is 10.3 Å². The lowest BCUT2D eigenvalue weighted by molar-refractivity contribution is -0.126. The predicted octanol–water partition coefficient (Wildman–Crippen LogP) is 2.76. The Morgan fingerprint density at radius 1 is 1.41 bits per heavy atom. The van der Waals surface area contributed by atoms with Crippen molar-refractivity contribution in [3.63, 3.8) is 0 Å². The fourth-order valence-corrected chi connectivity index (χ4v) is 3.91. The molecule has 0 unspecified atom stereocenters. The number of fused-ring (bicyclic) bond motifs is 1. The van der Waals surface area contributed by atoms with Crippen LogP contribution in [-0.4, -0.2) is 22.8 Å². The molecular formula is C16H25N3O2S. The van der Waals surface area contributed by atoms with E-state index in [1.807, 2.05) is 13.8 Å². The van der Waals surface area contributed by atoms with Crippen LogP contribution in [0.1, 0.15) is 51.1 Å². The van der Waals surface area contributed by atoms with Gasteiger partial charge in [0.2, 0.25) is 11.8 Å². The first-order chi connectivity index (χ1) is 10.4. The number of carbonyl (C=O) groups is 2. The summed E-state index contributed by atoms with van der Waals surface area (Å²) in [6, 6.07) is -0.526. The minimum atomic E-state index is -0.526. The fraction of sp³-hybridized carbons (Fsp3) is 0.688. The first-order valence-electron chi connectivity index (χ1n) is 7.97. The van der Waals surface area contributed by atoms with Crippen LogP contribution in [0.2, 0.25) is 0 Å². The number of aryl methyl sites for hydroxylation is 1. The molecule has 122 valence electrons. The van der Waals surface area contributed by atoms with Gasteiger partial charge in [-0.25, -0.2) is 4.98 Å². The molecule has 5 nitrogen and oxygen atoms in total. The van der Waals surface area contributed by atoms with Gasteiger partial charge in [0.25, 0.3) is 0 Å². The van der Waals surface area contributed by atoms with Crippen LogP contribution >= 0.6 is 11.3 Å². The van der Waals surface area contributed by atoms with Gasteiger partial charge in [-0.3, -0.25) is 9.59 Å². The van der Waals surface area contributed by atoms with Gasteiger partial charge < -0.3 is 10.6 Å². The summed E-state index contributed by atoms with van der Waals surface area (Å²) < 4.78 is 0. The molecule has 0 fully saturated rings. The van der Waals surface area contributed by atoms with E-state index in [-0.39, 0.29) is 17.7 Å². The van der Waals surface area contributed by atoms with Crippen LogP contribution in [-0.2, 0) is 22.4 Å². The molecule has 1 aliphatic carbocycles. The third-order valence-electron chi connectivity index (χ3n) is 4.16. The summed E-state index contributed by atoms with van der Waals surface area (Å²) in [5.41, 5.74) is 1.13. The third-order valence-corrected chi connectivity index (χ3v) is 5.19. The van der Waals surface area contributed by atoms with Gasteiger partial charge in [-0.2, -0.15) is 0 Å². The molecule has 0 radical (unpaired) electrons. The molecule has 2 rings (SSSR count). The van der Waals surface area contributed by atoms with E-state index < -0.39 is 6.04 Å². The zero-order chi connectivity index (χ0) is 16.3. The van der Waals surface area contributed by atoms with Gasteiger partial charge in [-0.15, -0.1) is 11.3 Å². The van der Waals surface area contributed by atoms with E-state index in [1.54, 1.807) is 11.3 Å². The van der Waals surface area contributed by atoms with E-state index in [0.29, 0.717) is 5.13 Å². The highest BCUT2D eigenvalue weighted by atomic mass is 32.1. The van der Waals surface area contributed by atoms with Crippen LogP contribution < -0.4 is 10.6 Å². The smallest absolute Gasteiger partial charge is 0.248 e. The average Bonchev–Trinajstić information content (AvgIpc) is 2.84. The van der Waals surface area contributed by atoms with Crippen molar-refractivity contribution < 1.29 is 9.59 Å². The second-order valence-electron chi connectivity index (χ2n) is 6.32. The monoisotopic (exact) mass is 323 g/mol. The first kappa shape index (κ1) is 16.9. The molecule has 2 amide bonds. The second kappa shape index (κ2) is 7.22. The van der Waals surface area contributed by atoms with Crippen molar-refractivity contribution in [3.8, 4) is 0 Å². The number of hydrogen-bond acceptors (Lipinski definition) is 4. The maximum atomic E-state index is 12.4. The van der Waals surface area contributed by atoms with Gasteiger partial charge in [0, 0.05) is 11.8 Å². The Hall–Kier alpha value is -1.43. The molecule has 6 heteroatoms. The molecule has 0 saturated heterocycles. The lowest BCUT2D eigenvalue weighted by Gasteiger charge is -2.20. The molecule has 1 aromatic heterocycles. The summed E-state index contributed by atoms with van der Waals surface area (Å²) in [6.07, 6.45) is 4.44. The molecular weight excluding hydrogens is 298 g/mol. The van der Waals surface area contributed by atoms with Crippen molar-refractivity contribution in [1.29, 1.82) is 0 Å². The van der Waals surface area contributed by atoms with Crippen LogP contribution in [0.4, 0.5) is 5.13 Å². The Balaban J connectivity index is 2.05. The number of nitrogens with one attached hydrogen (secondary N) is 2. The molecule has 0 bridgehead atoms. The number of hydrogen-bond donors (Lipinski definition) is 2. The summed E-state index contributed by atoms with van der Waals surface area (Å²) in [5.74, 6) is 0.378. The topological polar surface area (TPSA) is 71.1 Å². The molecule has 1 aromatic rings. The van der Waals surface area contributed by atoms with Crippen molar-refractivity contribution >= 4 is 28.3 Å². The molecule has 1 heterocycles. The Morgan fingerprint density at radius 2 is 2.14 bits per heavy atom. The Bertz CT molecular complexity index is 554. The summed E-state index contributed by atoms with van der Waals surface area (Å²) in [7, 11) is 0. The van der Waals surface area contributed by atoms with Crippen molar-refractivity contribution in [2.24, 2.45) is 11.8 Å². The highest BCUT2D eigenvalue weighted by Crippen LogP contribution is 2.33. The third kappa shape index (κ3) is 4.06. The van der Waals surface area contributed by atoms with Crippen molar-refractivity contribution in [2.75, 3.05) is 5.32 Å². The first-order valence-corrected chi connectivity index (χ1v) is 8.78. The summed E-state index contributed by atoms with van der Waals surface area (Å²) >= 11 is 1.58. The predicted molar refractivity (Wildman–Crippen MR) is 89.0 cm³/mol. The summed E-state index contributed by atoms with van der Waals surface area (Å²) in [5, 5.41) is 6.23. The number of carbonyl (C=O) groups excluding carboxylic acids is 2. The van der Waals surface area contributed by atoms with Crippen LogP contribution in [0, 0.1) is 11.8 Å². The molecule has 0 aromatic carbocycles. The normalized spacial score (nSPS) is 18.7. The van der Waals surface area contributed by atoms with Crippen molar-refractivity contribution in [2.45, 2.75) is 59.4 Å². The van der Waals surface area contributed by atoms with Gasteiger partial charge in [0.05, 0.1) is 5.69 Å². The maximum Gasteiger partial charge on any atom is 0.248 e. The Morgan fingerprint density at radius 3 is 2.73 bits per heavy atom. The summed E-state index contributed by atoms with van der Waals surface area (Å²) in [6.45, 7) is 7.48.